The molecule has 0 radical (unpaired) electrons. The monoisotopic (exact) mass is 459 g/mol. The van der Waals surface area contributed by atoms with Crippen molar-refractivity contribution in [3.05, 3.63) is 58.2 Å². The molecule has 0 aliphatic carbocycles. The van der Waals surface area contributed by atoms with Crippen LogP contribution in [0.2, 0.25) is 10.0 Å². The predicted molar refractivity (Wildman–Crippen MR) is 128 cm³/mol. The van der Waals surface area contributed by atoms with E-state index >= 15 is 0 Å². The number of methoxy groups -OCH3 is 1. The number of anilines is 1. The Hall–Kier alpha value is -2.21. The van der Waals surface area contributed by atoms with E-state index in [2.05, 4.69) is 14.4 Å². The molecule has 7 heteroatoms. The Balaban J connectivity index is 1.38. The van der Waals surface area contributed by atoms with Crippen LogP contribution in [-0.4, -0.2) is 55.1 Å². The Bertz CT molecular complexity index is 1090. The number of aryl methyl sites for hydroxylation is 1. The van der Waals surface area contributed by atoms with Gasteiger partial charge >= 0.3 is 0 Å². The van der Waals surface area contributed by atoms with Gasteiger partial charge in [0.15, 0.2) is 5.78 Å². The standard InChI is InChI=1S/C24H27Cl2N3O2/c1-17(30)19-16-29(24-18(19)6-3-9-22(24)31-2)11-5-10-27-12-14-28(15-13-27)21-8-4-7-20(25)23(21)26/h3-4,6-9,16H,5,10-15H2,1-2H3. The zero-order valence-corrected chi connectivity index (χ0v) is 19.4. The molecule has 0 bridgehead atoms. The first-order valence-electron chi connectivity index (χ1n) is 10.6. The van der Waals surface area contributed by atoms with Crippen LogP contribution in [0.4, 0.5) is 5.69 Å². The number of piperazine rings is 1. The summed E-state index contributed by atoms with van der Waals surface area (Å²) in [7, 11) is 1.67. The maximum atomic E-state index is 12.1. The molecule has 1 saturated heterocycles. The summed E-state index contributed by atoms with van der Waals surface area (Å²) >= 11 is 12.6. The van der Waals surface area contributed by atoms with Gasteiger partial charge in [0.1, 0.15) is 5.75 Å². The van der Waals surface area contributed by atoms with Gasteiger partial charge in [0.25, 0.3) is 0 Å². The van der Waals surface area contributed by atoms with Gasteiger partial charge in [-0.25, -0.2) is 0 Å². The third kappa shape index (κ3) is 4.54. The number of ether oxygens (including phenoxy) is 1. The molecule has 1 fully saturated rings. The summed E-state index contributed by atoms with van der Waals surface area (Å²) in [5, 5.41) is 2.19. The minimum absolute atomic E-state index is 0.0767. The van der Waals surface area contributed by atoms with Crippen molar-refractivity contribution >= 4 is 45.6 Å². The van der Waals surface area contributed by atoms with Crippen molar-refractivity contribution in [3.63, 3.8) is 0 Å². The van der Waals surface area contributed by atoms with Gasteiger partial charge in [-0.2, -0.15) is 0 Å². The highest BCUT2D eigenvalue weighted by Crippen LogP contribution is 2.33. The van der Waals surface area contributed by atoms with E-state index in [-0.39, 0.29) is 5.78 Å². The molecule has 0 unspecified atom stereocenters. The van der Waals surface area contributed by atoms with Gasteiger partial charge in [0.2, 0.25) is 0 Å². The number of fused-ring (bicyclic) bond motifs is 1. The van der Waals surface area contributed by atoms with Crippen molar-refractivity contribution in [3.8, 4) is 5.75 Å². The number of Topliss-reactive ketones (excluding diaryl/α,β-unsaturated/α-hetero) is 1. The molecule has 1 aliphatic heterocycles. The van der Waals surface area contributed by atoms with E-state index in [0.717, 1.165) is 73.6 Å². The molecule has 164 valence electrons. The van der Waals surface area contributed by atoms with Gasteiger partial charge in [-0.1, -0.05) is 41.4 Å². The number of hydrogen-bond acceptors (Lipinski definition) is 4. The fourth-order valence-electron chi connectivity index (χ4n) is 4.36. The van der Waals surface area contributed by atoms with Crippen molar-refractivity contribution in [2.45, 2.75) is 19.9 Å². The number of aromatic nitrogens is 1. The average molecular weight is 460 g/mol. The minimum Gasteiger partial charge on any atom is -0.495 e. The van der Waals surface area contributed by atoms with E-state index in [1.54, 1.807) is 14.0 Å². The Kier molecular flexibility index (Phi) is 6.75. The summed E-state index contributed by atoms with van der Waals surface area (Å²) in [4.78, 5) is 16.9. The maximum Gasteiger partial charge on any atom is 0.161 e. The second kappa shape index (κ2) is 9.51. The van der Waals surface area contributed by atoms with Crippen LogP contribution in [0, 0.1) is 0 Å². The van der Waals surface area contributed by atoms with E-state index in [1.807, 2.05) is 42.6 Å². The number of rotatable bonds is 7. The van der Waals surface area contributed by atoms with Crippen LogP contribution in [0.1, 0.15) is 23.7 Å². The Labute approximate surface area is 193 Å². The zero-order chi connectivity index (χ0) is 22.0. The number of hydrogen-bond donors (Lipinski definition) is 0. The molecule has 2 aromatic carbocycles. The minimum atomic E-state index is 0.0767. The quantitative estimate of drug-likeness (QED) is 0.445. The number of benzene rings is 2. The smallest absolute Gasteiger partial charge is 0.161 e. The van der Waals surface area contributed by atoms with Gasteiger partial charge < -0.3 is 14.2 Å². The summed E-state index contributed by atoms with van der Waals surface area (Å²) < 4.78 is 7.72. The van der Waals surface area contributed by atoms with Crippen LogP contribution in [0.15, 0.2) is 42.6 Å². The van der Waals surface area contributed by atoms with E-state index < -0.39 is 0 Å². The molecular weight excluding hydrogens is 433 g/mol. The van der Waals surface area contributed by atoms with Gasteiger partial charge in [0, 0.05) is 49.9 Å². The molecule has 2 heterocycles. The second-order valence-electron chi connectivity index (χ2n) is 7.90. The fourth-order valence-corrected chi connectivity index (χ4v) is 4.78. The molecule has 1 aliphatic rings. The van der Waals surface area contributed by atoms with E-state index in [1.165, 1.54) is 0 Å². The van der Waals surface area contributed by atoms with Crippen molar-refractivity contribution < 1.29 is 9.53 Å². The van der Waals surface area contributed by atoms with Gasteiger partial charge in [0.05, 0.1) is 28.4 Å². The van der Waals surface area contributed by atoms with Crippen LogP contribution in [0.3, 0.4) is 0 Å². The van der Waals surface area contributed by atoms with Crippen LogP contribution in [0.5, 0.6) is 5.75 Å². The molecule has 0 atom stereocenters. The molecule has 0 amide bonds. The Morgan fingerprint density at radius 1 is 1.03 bits per heavy atom. The third-order valence-corrected chi connectivity index (χ3v) is 6.79. The second-order valence-corrected chi connectivity index (χ2v) is 8.69. The summed E-state index contributed by atoms with van der Waals surface area (Å²) in [6, 6.07) is 11.7. The molecule has 31 heavy (non-hydrogen) atoms. The number of carbonyl (C=O) groups excluding carboxylic acids is 1. The van der Waals surface area contributed by atoms with E-state index in [9.17, 15) is 4.79 Å². The van der Waals surface area contributed by atoms with Crippen LogP contribution in [0.25, 0.3) is 10.9 Å². The lowest BCUT2D eigenvalue weighted by Gasteiger charge is -2.36. The highest BCUT2D eigenvalue weighted by molar-refractivity contribution is 6.43. The molecule has 0 saturated carbocycles. The van der Waals surface area contributed by atoms with Gasteiger partial charge in [-0.15, -0.1) is 0 Å². The summed E-state index contributed by atoms with van der Waals surface area (Å²) in [5.41, 5.74) is 2.76. The number of nitrogens with zero attached hydrogens (tertiary/aromatic N) is 3. The van der Waals surface area contributed by atoms with Crippen molar-refractivity contribution in [1.29, 1.82) is 0 Å². The summed E-state index contributed by atoms with van der Waals surface area (Å²) in [5.74, 6) is 0.879. The average Bonchev–Trinajstić information content (AvgIpc) is 3.15. The zero-order valence-electron chi connectivity index (χ0n) is 17.9. The highest BCUT2D eigenvalue weighted by Gasteiger charge is 2.20. The van der Waals surface area contributed by atoms with Crippen LogP contribution in [-0.2, 0) is 6.54 Å². The van der Waals surface area contributed by atoms with Crippen molar-refractivity contribution in [1.82, 2.24) is 9.47 Å². The normalized spacial score (nSPS) is 14.9. The topological polar surface area (TPSA) is 37.7 Å². The predicted octanol–water partition coefficient (Wildman–Crippen LogP) is 5.37. The SMILES string of the molecule is COc1cccc2c(C(C)=O)cn(CCCN3CCN(c4cccc(Cl)c4Cl)CC3)c12. The molecule has 4 rings (SSSR count). The Morgan fingerprint density at radius 3 is 2.48 bits per heavy atom. The molecule has 1 aromatic heterocycles. The number of carbonyl (C=O) groups is 1. The van der Waals surface area contributed by atoms with Crippen molar-refractivity contribution in [2.75, 3.05) is 44.7 Å². The summed E-state index contributed by atoms with van der Waals surface area (Å²) in [6.45, 7) is 7.27. The fraction of sp³-hybridized carbons (Fsp3) is 0.375. The maximum absolute atomic E-state index is 12.1. The van der Waals surface area contributed by atoms with Crippen LogP contribution >= 0.6 is 23.2 Å². The molecular formula is C24H27Cl2N3O2. The Morgan fingerprint density at radius 2 is 1.77 bits per heavy atom. The number of halogens is 2. The highest BCUT2D eigenvalue weighted by atomic mass is 35.5. The third-order valence-electron chi connectivity index (χ3n) is 5.98. The molecule has 0 N–H and O–H groups in total. The van der Waals surface area contributed by atoms with Crippen molar-refractivity contribution in [2.24, 2.45) is 0 Å². The number of ketones is 1. The largest absolute Gasteiger partial charge is 0.495 e. The first-order chi connectivity index (χ1) is 15.0. The summed E-state index contributed by atoms with van der Waals surface area (Å²) in [6.07, 6.45) is 2.96. The van der Waals surface area contributed by atoms with Gasteiger partial charge in [-0.3, -0.25) is 9.69 Å². The van der Waals surface area contributed by atoms with Gasteiger partial charge in [-0.05, 0) is 38.1 Å². The van der Waals surface area contributed by atoms with E-state index in [4.69, 9.17) is 27.9 Å². The van der Waals surface area contributed by atoms with Crippen LogP contribution < -0.4 is 9.64 Å². The lowest BCUT2D eigenvalue weighted by Crippen LogP contribution is -2.46. The first-order valence-corrected chi connectivity index (χ1v) is 11.3. The lowest BCUT2D eigenvalue weighted by molar-refractivity contribution is 0.101. The molecule has 3 aromatic rings. The first kappa shape index (κ1) is 22.0. The molecule has 5 nitrogen and oxygen atoms in total. The lowest BCUT2D eigenvalue weighted by atomic mass is 10.1. The number of para-hydroxylation sites is 1. The molecule has 0 spiro atoms. The van der Waals surface area contributed by atoms with E-state index in [0.29, 0.717) is 10.0 Å².